The molecule has 5 nitrogen and oxygen atoms in total. The minimum absolute atomic E-state index is 0.576. The van der Waals surface area contributed by atoms with Crippen LogP contribution in [0.4, 0.5) is 0 Å². The molecule has 0 aliphatic carbocycles. The van der Waals surface area contributed by atoms with Crippen molar-refractivity contribution in [2.45, 2.75) is 0 Å². The number of rotatable bonds is 7. The zero-order chi connectivity index (χ0) is 41.0. The summed E-state index contributed by atoms with van der Waals surface area (Å²) in [6.07, 6.45) is 0. The van der Waals surface area contributed by atoms with Gasteiger partial charge in [-0.15, -0.1) is 0 Å². The van der Waals surface area contributed by atoms with Gasteiger partial charge in [0.2, 0.25) is 0 Å². The first-order valence-electron chi connectivity index (χ1n) is 20.8. The van der Waals surface area contributed by atoms with Crippen LogP contribution in [0.1, 0.15) is 0 Å². The smallest absolute Gasteiger partial charge is 0.164 e. The first-order chi connectivity index (χ1) is 30.7. The van der Waals surface area contributed by atoms with Crippen LogP contribution in [0.2, 0.25) is 0 Å². The van der Waals surface area contributed by atoms with Crippen molar-refractivity contribution in [3.05, 3.63) is 218 Å². The van der Waals surface area contributed by atoms with Gasteiger partial charge in [0.05, 0.1) is 11.0 Å². The van der Waals surface area contributed by atoms with Crippen LogP contribution in [0, 0.1) is 0 Å². The summed E-state index contributed by atoms with van der Waals surface area (Å²) >= 11 is 0. The zero-order valence-electron chi connectivity index (χ0n) is 33.5. The number of para-hydroxylation sites is 1. The van der Waals surface area contributed by atoms with Crippen LogP contribution >= 0.6 is 0 Å². The molecule has 0 fully saturated rings. The van der Waals surface area contributed by atoms with Crippen molar-refractivity contribution in [1.29, 1.82) is 0 Å². The molecule has 5 heteroatoms. The molecule has 12 aromatic rings. The monoisotopic (exact) mass is 792 g/mol. The lowest BCUT2D eigenvalue weighted by atomic mass is 10.0. The highest BCUT2D eigenvalue weighted by molar-refractivity contribution is 6.11. The minimum atomic E-state index is 0.576. The molecule has 0 atom stereocenters. The Balaban J connectivity index is 0.964. The second kappa shape index (κ2) is 14.7. The van der Waals surface area contributed by atoms with Crippen molar-refractivity contribution in [3.8, 4) is 73.2 Å². The van der Waals surface area contributed by atoms with Gasteiger partial charge in [0.15, 0.2) is 17.5 Å². The summed E-state index contributed by atoms with van der Waals surface area (Å²) in [7, 11) is 0. The maximum atomic E-state index is 6.60. The number of furan rings is 1. The fourth-order valence-corrected chi connectivity index (χ4v) is 8.75. The molecule has 0 saturated carbocycles. The Bertz CT molecular complexity index is 3490. The molecule has 3 heterocycles. The standard InChI is InChI=1S/C57H36N4O/c1-4-12-37(13-5-1)40-20-24-42(25-21-40)55-58-56(43-26-22-41(23-27-43)38-14-6-2-7-15-38)60-57(59-55)45-29-32-49-50-36-46(30-33-53(50)62-54(49)35-45)61-51-19-11-10-18-47(51)48-31-28-44(34-52(48)61)39-16-8-3-9-17-39/h1-36H. The lowest BCUT2D eigenvalue weighted by Gasteiger charge is -2.10. The van der Waals surface area contributed by atoms with E-state index in [4.69, 9.17) is 19.4 Å². The lowest BCUT2D eigenvalue weighted by Crippen LogP contribution is -2.00. The first kappa shape index (κ1) is 35.5. The molecule has 3 aromatic heterocycles. The normalized spacial score (nSPS) is 11.5. The van der Waals surface area contributed by atoms with Crippen LogP contribution < -0.4 is 0 Å². The van der Waals surface area contributed by atoms with Gasteiger partial charge >= 0.3 is 0 Å². The summed E-state index contributed by atoms with van der Waals surface area (Å²) in [5.41, 5.74) is 14.6. The van der Waals surface area contributed by atoms with Gasteiger partial charge in [-0.3, -0.25) is 0 Å². The maximum absolute atomic E-state index is 6.60. The second-order valence-electron chi connectivity index (χ2n) is 15.6. The van der Waals surface area contributed by atoms with Crippen molar-refractivity contribution in [3.63, 3.8) is 0 Å². The van der Waals surface area contributed by atoms with Gasteiger partial charge in [-0.2, -0.15) is 0 Å². The summed E-state index contributed by atoms with van der Waals surface area (Å²) in [6.45, 7) is 0. The van der Waals surface area contributed by atoms with E-state index in [0.29, 0.717) is 17.5 Å². The summed E-state index contributed by atoms with van der Waals surface area (Å²) < 4.78 is 8.97. The maximum Gasteiger partial charge on any atom is 0.164 e. The summed E-state index contributed by atoms with van der Waals surface area (Å²) in [5.74, 6) is 1.78. The van der Waals surface area contributed by atoms with E-state index in [1.165, 1.54) is 21.9 Å². The number of hydrogen-bond acceptors (Lipinski definition) is 4. The van der Waals surface area contributed by atoms with Crippen LogP contribution in [0.5, 0.6) is 0 Å². The number of benzene rings is 9. The summed E-state index contributed by atoms with van der Waals surface area (Å²) in [5, 5.41) is 4.51. The summed E-state index contributed by atoms with van der Waals surface area (Å²) in [4.78, 5) is 15.2. The Kier molecular flexibility index (Phi) is 8.42. The van der Waals surface area contributed by atoms with Crippen molar-refractivity contribution < 1.29 is 4.42 Å². The number of hydrogen-bond donors (Lipinski definition) is 0. The van der Waals surface area contributed by atoms with E-state index in [-0.39, 0.29) is 0 Å². The van der Waals surface area contributed by atoms with Gasteiger partial charge in [0.1, 0.15) is 11.2 Å². The van der Waals surface area contributed by atoms with Crippen LogP contribution in [0.25, 0.3) is 117 Å². The Morgan fingerprint density at radius 1 is 0.274 bits per heavy atom. The van der Waals surface area contributed by atoms with Crippen molar-refractivity contribution >= 4 is 43.7 Å². The van der Waals surface area contributed by atoms with E-state index in [0.717, 1.165) is 77.6 Å². The molecule has 0 amide bonds. The van der Waals surface area contributed by atoms with Crippen LogP contribution in [0.3, 0.4) is 0 Å². The highest BCUT2D eigenvalue weighted by Gasteiger charge is 2.18. The average Bonchev–Trinajstić information content (AvgIpc) is 3.89. The molecule has 62 heavy (non-hydrogen) atoms. The van der Waals surface area contributed by atoms with E-state index in [1.807, 2.05) is 12.1 Å². The Morgan fingerprint density at radius 3 is 1.34 bits per heavy atom. The van der Waals surface area contributed by atoms with E-state index >= 15 is 0 Å². The largest absolute Gasteiger partial charge is 0.456 e. The third-order valence-electron chi connectivity index (χ3n) is 11.9. The minimum Gasteiger partial charge on any atom is -0.456 e. The van der Waals surface area contributed by atoms with Gasteiger partial charge < -0.3 is 8.98 Å². The molecule has 0 N–H and O–H groups in total. The predicted molar refractivity (Wildman–Crippen MR) is 254 cm³/mol. The van der Waals surface area contributed by atoms with Gasteiger partial charge in [-0.05, 0) is 75.8 Å². The quantitative estimate of drug-likeness (QED) is 0.161. The topological polar surface area (TPSA) is 56.7 Å². The van der Waals surface area contributed by atoms with Crippen molar-refractivity contribution in [2.75, 3.05) is 0 Å². The van der Waals surface area contributed by atoms with Gasteiger partial charge in [-0.25, -0.2) is 15.0 Å². The molecule has 0 aliphatic heterocycles. The molecule has 0 aliphatic rings. The molecule has 0 unspecified atom stereocenters. The Hall–Kier alpha value is -8.41. The highest BCUT2D eigenvalue weighted by Crippen LogP contribution is 2.38. The average molecular weight is 793 g/mol. The fraction of sp³-hybridized carbons (Fsp3) is 0. The van der Waals surface area contributed by atoms with Gasteiger partial charge in [0, 0.05) is 43.9 Å². The highest BCUT2D eigenvalue weighted by atomic mass is 16.3. The van der Waals surface area contributed by atoms with E-state index in [9.17, 15) is 0 Å². The van der Waals surface area contributed by atoms with Gasteiger partial charge in [-0.1, -0.05) is 176 Å². The SMILES string of the molecule is c1ccc(-c2ccc(-c3nc(-c4ccc(-c5ccccc5)cc4)nc(-c4ccc5c(c4)oc4ccc(-n6c7ccccc7c7ccc(-c8ccccc8)cc76)cc45)n3)cc2)cc1. The molecule has 0 saturated heterocycles. The second-order valence-corrected chi connectivity index (χ2v) is 15.6. The number of fused-ring (bicyclic) bond motifs is 6. The third kappa shape index (κ3) is 6.23. The molecule has 290 valence electrons. The molecular formula is C57H36N4O. The molecule has 0 spiro atoms. The van der Waals surface area contributed by atoms with Crippen molar-refractivity contribution in [1.82, 2.24) is 19.5 Å². The lowest BCUT2D eigenvalue weighted by molar-refractivity contribution is 0.669. The van der Waals surface area contributed by atoms with Crippen LogP contribution in [-0.2, 0) is 0 Å². The first-order valence-corrected chi connectivity index (χ1v) is 20.8. The number of nitrogens with zero attached hydrogens (tertiary/aromatic N) is 4. The van der Waals surface area contributed by atoms with Crippen LogP contribution in [0.15, 0.2) is 223 Å². The Morgan fingerprint density at radius 2 is 0.726 bits per heavy atom. The van der Waals surface area contributed by atoms with Crippen LogP contribution in [-0.4, -0.2) is 19.5 Å². The molecule has 0 bridgehead atoms. The molecule has 12 rings (SSSR count). The molecular weight excluding hydrogens is 757 g/mol. The molecule has 0 radical (unpaired) electrons. The van der Waals surface area contributed by atoms with Gasteiger partial charge in [0.25, 0.3) is 0 Å². The summed E-state index contributed by atoms with van der Waals surface area (Å²) in [6, 6.07) is 76.4. The fourth-order valence-electron chi connectivity index (χ4n) is 8.75. The Labute approximate surface area is 357 Å². The molecule has 9 aromatic carbocycles. The van der Waals surface area contributed by atoms with Crippen molar-refractivity contribution in [2.24, 2.45) is 0 Å². The van der Waals surface area contributed by atoms with E-state index < -0.39 is 0 Å². The third-order valence-corrected chi connectivity index (χ3v) is 11.9. The van der Waals surface area contributed by atoms with E-state index in [2.05, 4.69) is 211 Å². The van der Waals surface area contributed by atoms with E-state index in [1.54, 1.807) is 0 Å². The zero-order valence-corrected chi connectivity index (χ0v) is 33.5. The predicted octanol–water partition coefficient (Wildman–Crippen LogP) is 14.9. The number of aromatic nitrogens is 4.